The first kappa shape index (κ1) is 13.7. The van der Waals surface area contributed by atoms with E-state index in [1.165, 1.54) is 0 Å². The molecule has 2 aromatic carbocycles. The first-order chi connectivity index (χ1) is 9.10. The molecule has 4 heteroatoms. The van der Waals surface area contributed by atoms with Gasteiger partial charge in [0.25, 0.3) is 0 Å². The molecule has 100 valence electrons. The molecule has 0 spiro atoms. The molecule has 0 aliphatic rings. The van der Waals surface area contributed by atoms with Crippen molar-refractivity contribution in [3.63, 3.8) is 0 Å². The van der Waals surface area contributed by atoms with Gasteiger partial charge in [0.1, 0.15) is 17.2 Å². The van der Waals surface area contributed by atoms with Gasteiger partial charge in [-0.25, -0.2) is 0 Å². The van der Waals surface area contributed by atoms with Crippen LogP contribution in [0.4, 0.5) is 5.69 Å². The summed E-state index contributed by atoms with van der Waals surface area (Å²) in [5.74, 6) is 2.16. The molecule has 0 amide bonds. The molecule has 0 aromatic heterocycles. The fraction of sp³-hybridized carbons (Fsp3) is 0.200. The van der Waals surface area contributed by atoms with E-state index < -0.39 is 0 Å². The SMILES string of the molecule is CCOc1cc(Oc2cc(Br)ccc2C)ccc1N. The number of nitrogens with two attached hydrogens (primary N) is 1. The van der Waals surface area contributed by atoms with Gasteiger partial charge in [0.2, 0.25) is 0 Å². The van der Waals surface area contributed by atoms with Gasteiger partial charge in [0.05, 0.1) is 12.3 Å². The fourth-order valence-electron chi connectivity index (χ4n) is 1.67. The summed E-state index contributed by atoms with van der Waals surface area (Å²) in [5.41, 5.74) is 7.51. The molecule has 0 fully saturated rings. The van der Waals surface area contributed by atoms with Crippen LogP contribution >= 0.6 is 15.9 Å². The van der Waals surface area contributed by atoms with Gasteiger partial charge < -0.3 is 15.2 Å². The Balaban J connectivity index is 2.28. The maximum atomic E-state index is 5.87. The predicted molar refractivity (Wildman–Crippen MR) is 81.0 cm³/mol. The highest BCUT2D eigenvalue weighted by molar-refractivity contribution is 9.10. The van der Waals surface area contributed by atoms with Gasteiger partial charge in [-0.05, 0) is 43.7 Å². The van der Waals surface area contributed by atoms with Crippen molar-refractivity contribution in [2.24, 2.45) is 0 Å². The standard InChI is InChI=1S/C15H16BrNO2/c1-3-18-15-9-12(6-7-13(15)17)19-14-8-11(16)5-4-10(14)2/h4-9H,3,17H2,1-2H3. The Morgan fingerprint density at radius 2 is 1.89 bits per heavy atom. The highest BCUT2D eigenvalue weighted by atomic mass is 79.9. The lowest BCUT2D eigenvalue weighted by Crippen LogP contribution is -1.97. The van der Waals surface area contributed by atoms with Gasteiger partial charge in [-0.2, -0.15) is 0 Å². The van der Waals surface area contributed by atoms with E-state index in [0.717, 1.165) is 15.8 Å². The Morgan fingerprint density at radius 1 is 1.11 bits per heavy atom. The van der Waals surface area contributed by atoms with Crippen LogP contribution in [-0.4, -0.2) is 6.61 Å². The van der Waals surface area contributed by atoms with E-state index in [-0.39, 0.29) is 0 Å². The van der Waals surface area contributed by atoms with E-state index >= 15 is 0 Å². The van der Waals surface area contributed by atoms with Crippen molar-refractivity contribution in [2.45, 2.75) is 13.8 Å². The molecular weight excluding hydrogens is 306 g/mol. The minimum absolute atomic E-state index is 0.573. The molecule has 2 rings (SSSR count). The van der Waals surface area contributed by atoms with E-state index in [9.17, 15) is 0 Å². The Labute approximate surface area is 121 Å². The molecule has 0 heterocycles. The van der Waals surface area contributed by atoms with Crippen molar-refractivity contribution in [3.05, 3.63) is 46.4 Å². The molecule has 0 aliphatic heterocycles. The predicted octanol–water partition coefficient (Wildman–Crippen LogP) is 4.53. The smallest absolute Gasteiger partial charge is 0.145 e. The zero-order valence-corrected chi connectivity index (χ0v) is 12.5. The van der Waals surface area contributed by atoms with Gasteiger partial charge in [-0.1, -0.05) is 22.0 Å². The van der Waals surface area contributed by atoms with Crippen molar-refractivity contribution in [2.75, 3.05) is 12.3 Å². The summed E-state index contributed by atoms with van der Waals surface area (Å²) in [4.78, 5) is 0. The lowest BCUT2D eigenvalue weighted by molar-refractivity contribution is 0.340. The molecule has 0 radical (unpaired) electrons. The number of aryl methyl sites for hydroxylation is 1. The van der Waals surface area contributed by atoms with E-state index in [2.05, 4.69) is 15.9 Å². The maximum absolute atomic E-state index is 5.87. The van der Waals surface area contributed by atoms with Crippen molar-refractivity contribution in [1.29, 1.82) is 0 Å². The number of hydrogen-bond acceptors (Lipinski definition) is 3. The van der Waals surface area contributed by atoms with Crippen LogP contribution in [0, 0.1) is 6.92 Å². The van der Waals surface area contributed by atoms with Crippen molar-refractivity contribution in [3.8, 4) is 17.2 Å². The minimum atomic E-state index is 0.573. The second-order valence-electron chi connectivity index (χ2n) is 4.14. The summed E-state index contributed by atoms with van der Waals surface area (Å²) in [6, 6.07) is 11.3. The summed E-state index contributed by atoms with van der Waals surface area (Å²) >= 11 is 3.44. The summed E-state index contributed by atoms with van der Waals surface area (Å²) in [6.07, 6.45) is 0. The minimum Gasteiger partial charge on any atom is -0.492 e. The van der Waals surface area contributed by atoms with Crippen molar-refractivity contribution in [1.82, 2.24) is 0 Å². The maximum Gasteiger partial charge on any atom is 0.145 e. The lowest BCUT2D eigenvalue weighted by atomic mass is 10.2. The molecule has 3 nitrogen and oxygen atoms in total. The van der Waals surface area contributed by atoms with Crippen LogP contribution < -0.4 is 15.2 Å². The second-order valence-corrected chi connectivity index (χ2v) is 5.06. The Kier molecular flexibility index (Phi) is 4.32. The molecule has 2 aromatic rings. The number of benzene rings is 2. The monoisotopic (exact) mass is 321 g/mol. The molecule has 0 unspecified atom stereocenters. The number of hydrogen-bond donors (Lipinski definition) is 1. The van der Waals surface area contributed by atoms with Crippen LogP contribution in [0.1, 0.15) is 12.5 Å². The van der Waals surface area contributed by atoms with Gasteiger partial charge in [-0.3, -0.25) is 0 Å². The molecule has 0 saturated carbocycles. The average molecular weight is 322 g/mol. The van der Waals surface area contributed by atoms with Crippen molar-refractivity contribution < 1.29 is 9.47 Å². The van der Waals surface area contributed by atoms with Gasteiger partial charge in [0, 0.05) is 10.5 Å². The van der Waals surface area contributed by atoms with E-state index in [0.29, 0.717) is 23.8 Å². The molecule has 0 atom stereocenters. The number of ether oxygens (including phenoxy) is 2. The first-order valence-electron chi connectivity index (χ1n) is 6.06. The molecular formula is C15H16BrNO2. The number of rotatable bonds is 4. The molecule has 0 bridgehead atoms. The van der Waals surface area contributed by atoms with E-state index in [1.807, 2.05) is 38.1 Å². The normalized spacial score (nSPS) is 10.3. The van der Waals surface area contributed by atoms with Crippen LogP contribution in [0.2, 0.25) is 0 Å². The van der Waals surface area contributed by atoms with Crippen LogP contribution in [0.15, 0.2) is 40.9 Å². The van der Waals surface area contributed by atoms with E-state index in [4.69, 9.17) is 15.2 Å². The summed E-state index contributed by atoms with van der Waals surface area (Å²) < 4.78 is 12.3. The highest BCUT2D eigenvalue weighted by Gasteiger charge is 2.06. The van der Waals surface area contributed by atoms with Crippen LogP contribution in [-0.2, 0) is 0 Å². The topological polar surface area (TPSA) is 44.5 Å². The average Bonchev–Trinajstić information content (AvgIpc) is 2.38. The molecule has 19 heavy (non-hydrogen) atoms. The Hall–Kier alpha value is -1.68. The summed E-state index contributed by atoms with van der Waals surface area (Å²) in [6.45, 7) is 4.50. The zero-order chi connectivity index (χ0) is 13.8. The fourth-order valence-corrected chi connectivity index (χ4v) is 2.01. The van der Waals surface area contributed by atoms with Gasteiger partial charge in [-0.15, -0.1) is 0 Å². The molecule has 0 saturated heterocycles. The lowest BCUT2D eigenvalue weighted by Gasteiger charge is -2.12. The largest absolute Gasteiger partial charge is 0.492 e. The van der Waals surface area contributed by atoms with Crippen molar-refractivity contribution >= 4 is 21.6 Å². The number of anilines is 1. The Morgan fingerprint density at radius 3 is 2.63 bits per heavy atom. The number of nitrogen functional groups attached to an aromatic ring is 1. The third-order valence-corrected chi connectivity index (χ3v) is 3.16. The molecule has 2 N–H and O–H groups in total. The first-order valence-corrected chi connectivity index (χ1v) is 6.85. The third-order valence-electron chi connectivity index (χ3n) is 2.66. The number of halogens is 1. The Bertz CT molecular complexity index is 584. The van der Waals surface area contributed by atoms with Crippen LogP contribution in [0.3, 0.4) is 0 Å². The zero-order valence-electron chi connectivity index (χ0n) is 10.9. The van der Waals surface area contributed by atoms with Crippen LogP contribution in [0.5, 0.6) is 17.2 Å². The molecule has 0 aliphatic carbocycles. The summed E-state index contributed by atoms with van der Waals surface area (Å²) in [5, 5.41) is 0. The van der Waals surface area contributed by atoms with Gasteiger partial charge in [0.15, 0.2) is 0 Å². The summed E-state index contributed by atoms with van der Waals surface area (Å²) in [7, 11) is 0. The van der Waals surface area contributed by atoms with Crippen LogP contribution in [0.25, 0.3) is 0 Å². The quantitative estimate of drug-likeness (QED) is 0.841. The highest BCUT2D eigenvalue weighted by Crippen LogP contribution is 2.32. The third kappa shape index (κ3) is 3.41. The van der Waals surface area contributed by atoms with Gasteiger partial charge >= 0.3 is 0 Å². The van der Waals surface area contributed by atoms with E-state index in [1.54, 1.807) is 12.1 Å². The second kappa shape index (κ2) is 5.97.